The Bertz CT molecular complexity index is 1270. The van der Waals surface area contributed by atoms with Crippen LogP contribution in [0.2, 0.25) is 0 Å². The van der Waals surface area contributed by atoms with Gasteiger partial charge in [0.15, 0.2) is 0 Å². The molecule has 5 rings (SSSR count). The maximum Gasteiger partial charge on any atom is 0.409 e. The number of fused-ring (bicyclic) bond motifs is 1. The standard InChI is InChI=1S/C30H39N5O5/c1-20-17-22(18-21(2)26(20)36)19-24(27(37)33-15-11-31-12-16-33)30(10-5-6-13-35(30)29(39)40)34-14-9-23-7-3-4-8-25(23)32-28(34)38/h3-4,7-8,17-18,24,31,36H,5-6,9-16,19H2,1-2H3,(H,32,38)(H,39,40)/t24?,30-/m1/s1. The van der Waals surface area contributed by atoms with Crippen LogP contribution >= 0.6 is 0 Å². The number of amides is 4. The second-order valence-electron chi connectivity index (χ2n) is 11.2. The first-order valence-electron chi connectivity index (χ1n) is 14.2. The number of anilines is 1. The summed E-state index contributed by atoms with van der Waals surface area (Å²) in [5.41, 5.74) is 2.52. The molecular weight excluding hydrogens is 510 g/mol. The van der Waals surface area contributed by atoms with E-state index in [-0.39, 0.29) is 31.2 Å². The van der Waals surface area contributed by atoms with Gasteiger partial charge in [0.1, 0.15) is 11.4 Å². The van der Waals surface area contributed by atoms with Gasteiger partial charge in [-0.1, -0.05) is 30.3 Å². The topological polar surface area (TPSA) is 125 Å². The number of benzene rings is 2. The van der Waals surface area contributed by atoms with Crippen LogP contribution in [0.15, 0.2) is 36.4 Å². The Morgan fingerprint density at radius 2 is 1.73 bits per heavy atom. The van der Waals surface area contributed by atoms with E-state index in [9.17, 15) is 24.6 Å². The molecule has 3 aliphatic heterocycles. The Labute approximate surface area is 234 Å². The van der Waals surface area contributed by atoms with Gasteiger partial charge >= 0.3 is 12.1 Å². The highest BCUT2D eigenvalue weighted by molar-refractivity contribution is 5.93. The van der Waals surface area contributed by atoms with Gasteiger partial charge in [-0.05, 0) is 74.3 Å². The lowest BCUT2D eigenvalue weighted by Gasteiger charge is -2.55. The maximum absolute atomic E-state index is 14.5. The van der Waals surface area contributed by atoms with Crippen molar-refractivity contribution in [3.8, 4) is 5.75 Å². The van der Waals surface area contributed by atoms with Crippen LogP contribution in [-0.4, -0.2) is 87.9 Å². The first kappa shape index (κ1) is 27.8. The number of rotatable bonds is 5. The van der Waals surface area contributed by atoms with E-state index in [1.165, 1.54) is 4.90 Å². The predicted molar refractivity (Wildman–Crippen MR) is 151 cm³/mol. The number of phenols is 1. The smallest absolute Gasteiger partial charge is 0.409 e. The number of nitrogens with zero attached hydrogens (tertiary/aromatic N) is 3. The van der Waals surface area contributed by atoms with Crippen molar-refractivity contribution in [1.82, 2.24) is 20.0 Å². The molecule has 2 fully saturated rings. The molecule has 0 aliphatic carbocycles. The first-order chi connectivity index (χ1) is 19.2. The Morgan fingerprint density at radius 3 is 2.42 bits per heavy atom. The van der Waals surface area contributed by atoms with Crippen molar-refractivity contribution < 1.29 is 24.6 Å². The molecule has 1 unspecified atom stereocenters. The van der Waals surface area contributed by atoms with Crippen molar-refractivity contribution in [2.24, 2.45) is 5.92 Å². The summed E-state index contributed by atoms with van der Waals surface area (Å²) < 4.78 is 0. The van der Waals surface area contributed by atoms with Crippen molar-refractivity contribution in [1.29, 1.82) is 0 Å². The third kappa shape index (κ3) is 5.08. The minimum Gasteiger partial charge on any atom is -0.507 e. The molecule has 0 radical (unpaired) electrons. The van der Waals surface area contributed by atoms with E-state index in [0.717, 1.165) is 11.1 Å². The number of hydrogen-bond acceptors (Lipinski definition) is 5. The largest absolute Gasteiger partial charge is 0.507 e. The fourth-order valence-corrected chi connectivity index (χ4v) is 6.78. The van der Waals surface area contributed by atoms with Crippen molar-refractivity contribution in [3.63, 3.8) is 0 Å². The third-order valence-electron chi connectivity index (χ3n) is 8.73. The van der Waals surface area contributed by atoms with Crippen molar-refractivity contribution in [2.45, 2.75) is 51.6 Å². The van der Waals surface area contributed by atoms with E-state index in [2.05, 4.69) is 10.6 Å². The highest BCUT2D eigenvalue weighted by Gasteiger charge is 2.57. The zero-order valence-electron chi connectivity index (χ0n) is 23.3. The molecule has 4 N–H and O–H groups in total. The van der Waals surface area contributed by atoms with Gasteiger partial charge in [0, 0.05) is 45.0 Å². The molecule has 10 nitrogen and oxygen atoms in total. The number of para-hydroxylation sites is 1. The SMILES string of the molecule is Cc1cc(CC(C(=O)N2CCNCC2)[C@@]2(N3CCc4ccccc4NC3=O)CCCCN2C(=O)O)cc(C)c1O. The predicted octanol–water partition coefficient (Wildman–Crippen LogP) is 3.55. The van der Waals surface area contributed by atoms with E-state index in [1.807, 2.05) is 55.1 Å². The number of phenolic OH excluding ortho intramolecular Hbond substituents is 1. The second kappa shape index (κ2) is 11.4. The number of urea groups is 1. The van der Waals surface area contributed by atoms with Crippen LogP contribution in [0.1, 0.15) is 41.5 Å². The summed E-state index contributed by atoms with van der Waals surface area (Å²) in [5.74, 6) is -0.775. The summed E-state index contributed by atoms with van der Waals surface area (Å²) >= 11 is 0. The van der Waals surface area contributed by atoms with E-state index >= 15 is 0 Å². The Morgan fingerprint density at radius 1 is 1.02 bits per heavy atom. The Kier molecular flexibility index (Phi) is 7.89. The average Bonchev–Trinajstić information content (AvgIpc) is 3.12. The van der Waals surface area contributed by atoms with Crippen LogP contribution in [0, 0.1) is 19.8 Å². The Balaban J connectivity index is 1.65. The van der Waals surface area contributed by atoms with E-state index in [4.69, 9.17) is 0 Å². The number of aromatic hydroxyl groups is 1. The minimum atomic E-state index is -1.38. The Hall–Kier alpha value is -3.79. The van der Waals surface area contributed by atoms with Gasteiger partial charge in [-0.25, -0.2) is 9.59 Å². The summed E-state index contributed by atoms with van der Waals surface area (Å²) in [6.45, 7) is 6.51. The molecule has 0 aromatic heterocycles. The lowest BCUT2D eigenvalue weighted by atomic mass is 9.77. The summed E-state index contributed by atoms with van der Waals surface area (Å²) in [6, 6.07) is 10.9. The summed E-state index contributed by atoms with van der Waals surface area (Å²) in [7, 11) is 0. The van der Waals surface area contributed by atoms with Gasteiger partial charge in [0.05, 0.1) is 5.92 Å². The average molecular weight is 550 g/mol. The van der Waals surface area contributed by atoms with E-state index in [0.29, 0.717) is 68.7 Å². The number of carbonyl (C=O) groups excluding carboxylic acids is 2. The number of carboxylic acid groups (broad SMARTS) is 1. The summed E-state index contributed by atoms with van der Waals surface area (Å²) in [6.07, 6.45) is 1.36. The first-order valence-corrected chi connectivity index (χ1v) is 14.2. The van der Waals surface area contributed by atoms with Gasteiger partial charge in [0.25, 0.3) is 0 Å². The van der Waals surface area contributed by atoms with Crippen LogP contribution in [0.4, 0.5) is 15.3 Å². The fourth-order valence-electron chi connectivity index (χ4n) is 6.78. The van der Waals surface area contributed by atoms with Crippen LogP contribution in [0.3, 0.4) is 0 Å². The number of carbonyl (C=O) groups is 3. The zero-order chi connectivity index (χ0) is 28.4. The minimum absolute atomic E-state index is 0.146. The summed E-state index contributed by atoms with van der Waals surface area (Å²) in [4.78, 5) is 46.2. The van der Waals surface area contributed by atoms with Gasteiger partial charge in [0.2, 0.25) is 5.91 Å². The molecule has 0 bridgehead atoms. The molecule has 2 atom stereocenters. The van der Waals surface area contributed by atoms with Gasteiger partial charge in [-0.3, -0.25) is 14.6 Å². The second-order valence-corrected chi connectivity index (χ2v) is 11.2. The number of hydrogen-bond donors (Lipinski definition) is 4. The number of aryl methyl sites for hydroxylation is 2. The van der Waals surface area contributed by atoms with Crippen LogP contribution in [0.5, 0.6) is 5.75 Å². The molecule has 2 aromatic rings. The molecule has 214 valence electrons. The van der Waals surface area contributed by atoms with Crippen molar-refractivity contribution in [2.75, 3.05) is 44.6 Å². The molecule has 2 aromatic carbocycles. The van der Waals surface area contributed by atoms with Gasteiger partial charge in [-0.15, -0.1) is 0 Å². The molecule has 10 heteroatoms. The van der Waals surface area contributed by atoms with Gasteiger partial charge in [-0.2, -0.15) is 0 Å². The lowest BCUT2D eigenvalue weighted by molar-refractivity contribution is -0.152. The monoisotopic (exact) mass is 549 g/mol. The molecule has 3 aliphatic rings. The molecule has 0 spiro atoms. The number of piperazine rings is 1. The highest BCUT2D eigenvalue weighted by atomic mass is 16.4. The van der Waals surface area contributed by atoms with Crippen molar-refractivity contribution >= 4 is 23.7 Å². The quantitative estimate of drug-likeness (QED) is 0.452. The van der Waals surface area contributed by atoms with E-state index < -0.39 is 23.7 Å². The van der Waals surface area contributed by atoms with Crippen LogP contribution < -0.4 is 10.6 Å². The maximum atomic E-state index is 14.5. The molecular formula is C30H39N5O5. The number of piperidine rings is 1. The van der Waals surface area contributed by atoms with E-state index in [1.54, 1.807) is 4.90 Å². The normalized spacial score (nSPS) is 22.2. The van der Waals surface area contributed by atoms with Crippen LogP contribution in [-0.2, 0) is 17.6 Å². The van der Waals surface area contributed by atoms with Crippen molar-refractivity contribution in [3.05, 3.63) is 58.7 Å². The zero-order valence-corrected chi connectivity index (χ0v) is 23.3. The number of nitrogens with one attached hydrogen (secondary N) is 2. The fraction of sp³-hybridized carbons (Fsp3) is 0.500. The number of likely N-dealkylation sites (tertiary alicyclic amines) is 1. The molecule has 0 saturated carbocycles. The lowest BCUT2D eigenvalue weighted by Crippen LogP contribution is -2.72. The third-order valence-corrected chi connectivity index (χ3v) is 8.73. The molecule has 40 heavy (non-hydrogen) atoms. The van der Waals surface area contributed by atoms with Crippen LogP contribution in [0.25, 0.3) is 0 Å². The van der Waals surface area contributed by atoms with Gasteiger partial charge < -0.3 is 25.7 Å². The molecule has 3 heterocycles. The molecule has 4 amide bonds. The molecule has 2 saturated heterocycles. The highest BCUT2D eigenvalue weighted by Crippen LogP contribution is 2.43. The summed E-state index contributed by atoms with van der Waals surface area (Å²) in [5, 5.41) is 27.3.